The van der Waals surface area contributed by atoms with Crippen LogP contribution in [0.15, 0.2) is 48.5 Å². The number of amides is 1. The molecule has 2 aromatic rings. The van der Waals surface area contributed by atoms with E-state index in [0.717, 1.165) is 24.1 Å². The molecule has 0 radical (unpaired) electrons. The maximum Gasteiger partial charge on any atom is 0.311 e. The van der Waals surface area contributed by atoms with Crippen molar-refractivity contribution in [2.24, 2.45) is 0 Å². The van der Waals surface area contributed by atoms with Crippen LogP contribution >= 0.6 is 0 Å². The van der Waals surface area contributed by atoms with Gasteiger partial charge in [0.2, 0.25) is 5.91 Å². The summed E-state index contributed by atoms with van der Waals surface area (Å²) in [6.45, 7) is 2.68. The van der Waals surface area contributed by atoms with Crippen molar-refractivity contribution < 1.29 is 14.3 Å². The van der Waals surface area contributed by atoms with Gasteiger partial charge in [0.15, 0.2) is 0 Å². The van der Waals surface area contributed by atoms with Crippen molar-refractivity contribution in [1.29, 1.82) is 0 Å². The molecule has 2 aromatic carbocycles. The van der Waals surface area contributed by atoms with E-state index < -0.39 is 0 Å². The second kappa shape index (κ2) is 7.30. The van der Waals surface area contributed by atoms with Crippen molar-refractivity contribution >= 4 is 17.6 Å². The quantitative estimate of drug-likeness (QED) is 0.637. The van der Waals surface area contributed by atoms with Gasteiger partial charge in [0.05, 0.1) is 6.42 Å². The number of hydrogen-bond donors (Lipinski definition) is 0. The Kier molecular flexibility index (Phi) is 4.94. The van der Waals surface area contributed by atoms with Gasteiger partial charge in [-0.3, -0.25) is 9.59 Å². The topological polar surface area (TPSA) is 46.6 Å². The van der Waals surface area contributed by atoms with E-state index in [1.807, 2.05) is 37.3 Å². The first kappa shape index (κ1) is 16.2. The summed E-state index contributed by atoms with van der Waals surface area (Å²) in [5.74, 6) is 0.113. The number of para-hydroxylation sites is 1. The second-order valence-corrected chi connectivity index (χ2v) is 6.06. The SMILES string of the molecule is Cc1ccc(OC(=O)CCC(=O)N2CCCc3ccccc32)cc1. The second-order valence-electron chi connectivity index (χ2n) is 6.06. The lowest BCUT2D eigenvalue weighted by atomic mass is 10.0. The molecule has 1 heterocycles. The van der Waals surface area contributed by atoms with Crippen LogP contribution in [0.4, 0.5) is 5.69 Å². The van der Waals surface area contributed by atoms with Gasteiger partial charge in [0, 0.05) is 18.7 Å². The number of aryl methyl sites for hydroxylation is 2. The number of esters is 1. The van der Waals surface area contributed by atoms with Crippen LogP contribution in [0.25, 0.3) is 0 Å². The van der Waals surface area contributed by atoms with Gasteiger partial charge in [0.25, 0.3) is 0 Å². The van der Waals surface area contributed by atoms with E-state index in [-0.39, 0.29) is 24.7 Å². The molecule has 0 unspecified atom stereocenters. The lowest BCUT2D eigenvalue weighted by Gasteiger charge is -2.29. The molecule has 0 spiro atoms. The van der Waals surface area contributed by atoms with Crippen molar-refractivity contribution in [3.63, 3.8) is 0 Å². The van der Waals surface area contributed by atoms with E-state index in [0.29, 0.717) is 12.3 Å². The van der Waals surface area contributed by atoms with Crippen LogP contribution < -0.4 is 9.64 Å². The van der Waals surface area contributed by atoms with Crippen molar-refractivity contribution in [1.82, 2.24) is 0 Å². The Morgan fingerprint density at radius 3 is 2.58 bits per heavy atom. The Balaban J connectivity index is 1.56. The molecule has 0 aliphatic carbocycles. The first-order valence-corrected chi connectivity index (χ1v) is 8.29. The summed E-state index contributed by atoms with van der Waals surface area (Å²) in [4.78, 5) is 26.2. The smallest absolute Gasteiger partial charge is 0.311 e. The van der Waals surface area contributed by atoms with Gasteiger partial charge in [-0.25, -0.2) is 0 Å². The average Bonchev–Trinajstić information content (AvgIpc) is 2.61. The summed E-state index contributed by atoms with van der Waals surface area (Å²) in [7, 11) is 0. The number of benzene rings is 2. The molecule has 3 rings (SSSR count). The van der Waals surface area contributed by atoms with Gasteiger partial charge in [-0.15, -0.1) is 0 Å². The molecular weight excluding hydrogens is 302 g/mol. The van der Waals surface area contributed by atoms with Crippen LogP contribution in [0, 0.1) is 6.92 Å². The fraction of sp³-hybridized carbons (Fsp3) is 0.300. The van der Waals surface area contributed by atoms with Crippen LogP contribution in [0.5, 0.6) is 5.75 Å². The molecule has 0 aromatic heterocycles. The summed E-state index contributed by atoms with van der Waals surface area (Å²) >= 11 is 0. The molecule has 1 aliphatic heterocycles. The highest BCUT2D eigenvalue weighted by atomic mass is 16.5. The fourth-order valence-corrected chi connectivity index (χ4v) is 2.93. The first-order chi connectivity index (χ1) is 11.6. The number of ether oxygens (including phenoxy) is 1. The van der Waals surface area contributed by atoms with E-state index in [4.69, 9.17) is 4.74 Å². The van der Waals surface area contributed by atoms with Gasteiger partial charge in [-0.1, -0.05) is 35.9 Å². The number of nitrogens with zero attached hydrogens (tertiary/aromatic N) is 1. The van der Waals surface area contributed by atoms with Crippen LogP contribution in [0.3, 0.4) is 0 Å². The Morgan fingerprint density at radius 2 is 1.79 bits per heavy atom. The third-order valence-electron chi connectivity index (χ3n) is 4.21. The van der Waals surface area contributed by atoms with Crippen LogP contribution in [-0.4, -0.2) is 18.4 Å². The molecule has 0 saturated carbocycles. The number of fused-ring (bicyclic) bond motifs is 1. The van der Waals surface area contributed by atoms with Gasteiger partial charge in [-0.05, 0) is 43.5 Å². The lowest BCUT2D eigenvalue weighted by molar-refractivity contribution is -0.136. The zero-order chi connectivity index (χ0) is 16.9. The van der Waals surface area contributed by atoms with Gasteiger partial charge in [0.1, 0.15) is 5.75 Å². The molecule has 0 fully saturated rings. The highest BCUT2D eigenvalue weighted by Gasteiger charge is 2.22. The van der Waals surface area contributed by atoms with Crippen molar-refractivity contribution in [3.8, 4) is 5.75 Å². The van der Waals surface area contributed by atoms with Crippen LogP contribution in [-0.2, 0) is 16.0 Å². The van der Waals surface area contributed by atoms with Gasteiger partial charge >= 0.3 is 5.97 Å². The van der Waals surface area contributed by atoms with E-state index in [9.17, 15) is 9.59 Å². The standard InChI is InChI=1S/C20H21NO3/c1-15-8-10-17(11-9-15)24-20(23)13-12-19(22)21-14-4-6-16-5-2-3-7-18(16)21/h2-3,5,7-11H,4,6,12-14H2,1H3. The molecule has 0 atom stereocenters. The molecule has 24 heavy (non-hydrogen) atoms. The summed E-state index contributed by atoms with van der Waals surface area (Å²) in [5, 5.41) is 0. The number of rotatable bonds is 4. The zero-order valence-corrected chi connectivity index (χ0v) is 13.8. The predicted octanol–water partition coefficient (Wildman–Crippen LogP) is 3.66. The Morgan fingerprint density at radius 1 is 1.04 bits per heavy atom. The molecule has 124 valence electrons. The maximum absolute atomic E-state index is 12.5. The third kappa shape index (κ3) is 3.82. The minimum Gasteiger partial charge on any atom is -0.427 e. The third-order valence-corrected chi connectivity index (χ3v) is 4.21. The molecule has 0 N–H and O–H groups in total. The molecule has 4 nitrogen and oxygen atoms in total. The molecule has 0 bridgehead atoms. The normalized spacial score (nSPS) is 13.3. The first-order valence-electron chi connectivity index (χ1n) is 8.29. The highest BCUT2D eigenvalue weighted by molar-refractivity contribution is 5.96. The maximum atomic E-state index is 12.5. The van der Waals surface area contributed by atoms with Crippen molar-refractivity contribution in [3.05, 3.63) is 59.7 Å². The molecule has 0 saturated heterocycles. The summed E-state index contributed by atoms with van der Waals surface area (Å²) < 4.78 is 5.27. The Bertz CT molecular complexity index is 737. The van der Waals surface area contributed by atoms with Gasteiger partial charge < -0.3 is 9.64 Å². The Labute approximate surface area is 142 Å². The average molecular weight is 323 g/mol. The number of carbonyl (C=O) groups is 2. The minimum absolute atomic E-state index is 0.0250. The largest absolute Gasteiger partial charge is 0.427 e. The molecule has 1 amide bonds. The van der Waals surface area contributed by atoms with Crippen molar-refractivity contribution in [2.45, 2.75) is 32.6 Å². The highest BCUT2D eigenvalue weighted by Crippen LogP contribution is 2.27. The predicted molar refractivity (Wildman–Crippen MR) is 93.2 cm³/mol. The molecular formula is C20H21NO3. The number of carbonyl (C=O) groups excluding carboxylic acids is 2. The number of hydrogen-bond acceptors (Lipinski definition) is 3. The van der Waals surface area contributed by atoms with Crippen LogP contribution in [0.2, 0.25) is 0 Å². The van der Waals surface area contributed by atoms with Gasteiger partial charge in [-0.2, -0.15) is 0 Å². The van der Waals surface area contributed by atoms with E-state index >= 15 is 0 Å². The minimum atomic E-state index is -0.377. The monoisotopic (exact) mass is 323 g/mol. The van der Waals surface area contributed by atoms with Crippen molar-refractivity contribution in [2.75, 3.05) is 11.4 Å². The van der Waals surface area contributed by atoms with E-state index in [1.54, 1.807) is 17.0 Å². The van der Waals surface area contributed by atoms with E-state index in [2.05, 4.69) is 6.07 Å². The molecule has 1 aliphatic rings. The van der Waals surface area contributed by atoms with Crippen LogP contribution in [0.1, 0.15) is 30.4 Å². The summed E-state index contributed by atoms with van der Waals surface area (Å²) in [6.07, 6.45) is 2.20. The summed E-state index contributed by atoms with van der Waals surface area (Å²) in [6, 6.07) is 15.3. The lowest BCUT2D eigenvalue weighted by Crippen LogP contribution is -2.35. The molecule has 4 heteroatoms. The summed E-state index contributed by atoms with van der Waals surface area (Å²) in [5.41, 5.74) is 3.27. The zero-order valence-electron chi connectivity index (χ0n) is 13.8. The Hall–Kier alpha value is -2.62. The fourth-order valence-electron chi connectivity index (χ4n) is 2.93. The van der Waals surface area contributed by atoms with E-state index in [1.165, 1.54) is 5.56 Å². The number of anilines is 1.